The van der Waals surface area contributed by atoms with Gasteiger partial charge in [0.05, 0.1) is 5.01 Å². The molecule has 2 aromatic carbocycles. The molecule has 1 aliphatic rings. The first kappa shape index (κ1) is 20.4. The molecule has 0 atom stereocenters. The lowest BCUT2D eigenvalue weighted by molar-refractivity contribution is 0.0713. The molecule has 1 aliphatic heterocycles. The molecule has 5 aromatic rings. The molecule has 12 heteroatoms. The monoisotopic (exact) mass is 474 g/mol. The van der Waals surface area contributed by atoms with E-state index in [1.165, 1.54) is 11.3 Å². The standard InChI is InChI=1S/C22H18N8O3S/c31-20(23-14-2-4-15-17(10-14)26-29-25-15)19-11-34-21(24-19)12-5-7-30(8-6-12)22(32)13-1-3-16-18(9-13)28-33-27-16/h1-4,9-12H,5-8H2,(H,23,31)(H,25,26,29). The molecule has 0 unspecified atom stereocenters. The molecule has 2 amide bonds. The van der Waals surface area contributed by atoms with Crippen molar-refractivity contribution >= 4 is 50.9 Å². The van der Waals surface area contributed by atoms with Crippen LogP contribution in [-0.4, -0.2) is 60.5 Å². The second kappa shape index (κ2) is 8.30. The van der Waals surface area contributed by atoms with Gasteiger partial charge in [-0.1, -0.05) is 0 Å². The van der Waals surface area contributed by atoms with Gasteiger partial charge in [-0.3, -0.25) is 9.59 Å². The number of thiazole rings is 1. The van der Waals surface area contributed by atoms with Crippen LogP contribution in [0.5, 0.6) is 0 Å². The lowest BCUT2D eigenvalue weighted by atomic mass is 9.97. The van der Waals surface area contributed by atoms with Gasteiger partial charge in [0, 0.05) is 35.6 Å². The summed E-state index contributed by atoms with van der Waals surface area (Å²) in [6, 6.07) is 10.5. The van der Waals surface area contributed by atoms with Gasteiger partial charge in [0.1, 0.15) is 27.8 Å². The number of hydrogen-bond donors (Lipinski definition) is 2. The number of likely N-dealkylation sites (tertiary alicyclic amines) is 1. The Labute approximate surface area is 196 Å². The number of anilines is 1. The minimum Gasteiger partial charge on any atom is -0.339 e. The quantitative estimate of drug-likeness (QED) is 0.404. The van der Waals surface area contributed by atoms with Crippen LogP contribution < -0.4 is 5.32 Å². The predicted octanol–water partition coefficient (Wildman–Crippen LogP) is 3.22. The second-order valence-electron chi connectivity index (χ2n) is 8.09. The van der Waals surface area contributed by atoms with Crippen molar-refractivity contribution in [1.82, 2.24) is 35.6 Å². The molecule has 0 saturated carbocycles. The van der Waals surface area contributed by atoms with Crippen LogP contribution in [0.2, 0.25) is 0 Å². The van der Waals surface area contributed by atoms with Gasteiger partial charge in [0.15, 0.2) is 0 Å². The summed E-state index contributed by atoms with van der Waals surface area (Å²) in [4.78, 5) is 32.0. The highest BCUT2D eigenvalue weighted by Gasteiger charge is 2.27. The summed E-state index contributed by atoms with van der Waals surface area (Å²) in [6.07, 6.45) is 1.58. The van der Waals surface area contributed by atoms with E-state index in [9.17, 15) is 9.59 Å². The van der Waals surface area contributed by atoms with Crippen molar-refractivity contribution in [3.8, 4) is 0 Å². The van der Waals surface area contributed by atoms with Crippen LogP contribution >= 0.6 is 11.3 Å². The molecular formula is C22H18N8O3S. The van der Waals surface area contributed by atoms with E-state index in [-0.39, 0.29) is 17.7 Å². The van der Waals surface area contributed by atoms with Crippen LogP contribution in [0, 0.1) is 0 Å². The van der Waals surface area contributed by atoms with Crippen molar-refractivity contribution in [2.75, 3.05) is 18.4 Å². The Kier molecular flexibility index (Phi) is 4.99. The average Bonchev–Trinajstić information content (AvgIpc) is 3.63. The fraction of sp³-hybridized carbons (Fsp3) is 0.227. The number of nitrogens with one attached hydrogen (secondary N) is 2. The number of amides is 2. The fourth-order valence-electron chi connectivity index (χ4n) is 4.12. The predicted molar refractivity (Wildman–Crippen MR) is 124 cm³/mol. The largest absolute Gasteiger partial charge is 0.339 e. The fourth-order valence-corrected chi connectivity index (χ4v) is 5.09. The number of fused-ring (bicyclic) bond motifs is 2. The van der Waals surface area contributed by atoms with E-state index >= 15 is 0 Å². The van der Waals surface area contributed by atoms with Crippen molar-refractivity contribution in [2.45, 2.75) is 18.8 Å². The van der Waals surface area contributed by atoms with Crippen LogP contribution in [0.3, 0.4) is 0 Å². The average molecular weight is 475 g/mol. The Morgan fingerprint density at radius 1 is 1.00 bits per heavy atom. The zero-order valence-corrected chi connectivity index (χ0v) is 18.6. The van der Waals surface area contributed by atoms with E-state index in [0.717, 1.165) is 23.4 Å². The highest BCUT2D eigenvalue weighted by molar-refractivity contribution is 7.10. The second-order valence-corrected chi connectivity index (χ2v) is 8.98. The van der Waals surface area contributed by atoms with Crippen molar-refractivity contribution in [3.63, 3.8) is 0 Å². The number of nitrogens with zero attached hydrogens (tertiary/aromatic N) is 6. The SMILES string of the molecule is O=C(Nc1ccc2n[nH]nc2c1)c1csc(C2CCN(C(=O)c3ccc4nonc4c3)CC2)n1. The molecule has 11 nitrogen and oxygen atoms in total. The Hall–Kier alpha value is -4.19. The van der Waals surface area contributed by atoms with Crippen molar-refractivity contribution in [3.05, 3.63) is 58.0 Å². The van der Waals surface area contributed by atoms with E-state index in [1.807, 2.05) is 4.90 Å². The van der Waals surface area contributed by atoms with E-state index in [1.54, 1.807) is 41.8 Å². The summed E-state index contributed by atoms with van der Waals surface area (Å²) in [6.45, 7) is 1.24. The third-order valence-corrected chi connectivity index (χ3v) is 6.97. The number of carbonyl (C=O) groups is 2. The molecule has 1 fully saturated rings. The number of piperidine rings is 1. The number of carbonyl (C=O) groups excluding carboxylic acids is 2. The van der Waals surface area contributed by atoms with Gasteiger partial charge in [-0.25, -0.2) is 9.61 Å². The lowest BCUT2D eigenvalue weighted by Gasteiger charge is -2.31. The smallest absolute Gasteiger partial charge is 0.275 e. The van der Waals surface area contributed by atoms with E-state index in [2.05, 4.69) is 36.0 Å². The van der Waals surface area contributed by atoms with Crippen molar-refractivity contribution < 1.29 is 14.2 Å². The van der Waals surface area contributed by atoms with Gasteiger partial charge in [-0.2, -0.15) is 15.4 Å². The molecular weight excluding hydrogens is 456 g/mol. The zero-order valence-electron chi connectivity index (χ0n) is 17.8. The molecule has 4 heterocycles. The molecule has 1 saturated heterocycles. The van der Waals surface area contributed by atoms with Gasteiger partial charge >= 0.3 is 0 Å². The number of benzene rings is 2. The number of rotatable bonds is 4. The van der Waals surface area contributed by atoms with Gasteiger partial charge in [0.2, 0.25) is 0 Å². The number of aromatic nitrogens is 6. The summed E-state index contributed by atoms with van der Waals surface area (Å²) in [7, 11) is 0. The maximum Gasteiger partial charge on any atom is 0.275 e. The summed E-state index contributed by atoms with van der Waals surface area (Å²) < 4.78 is 4.71. The summed E-state index contributed by atoms with van der Waals surface area (Å²) in [5.41, 5.74) is 4.18. The Bertz CT molecular complexity index is 1510. The Morgan fingerprint density at radius 3 is 2.68 bits per heavy atom. The lowest BCUT2D eigenvalue weighted by Crippen LogP contribution is -2.37. The van der Waals surface area contributed by atoms with Crippen LogP contribution in [0.1, 0.15) is 44.6 Å². The first-order valence-electron chi connectivity index (χ1n) is 10.7. The topological polar surface area (TPSA) is 143 Å². The minimum atomic E-state index is -0.268. The van der Waals surface area contributed by atoms with E-state index in [0.29, 0.717) is 46.6 Å². The van der Waals surface area contributed by atoms with Crippen LogP contribution in [-0.2, 0) is 0 Å². The highest BCUT2D eigenvalue weighted by Crippen LogP contribution is 2.31. The van der Waals surface area contributed by atoms with E-state index < -0.39 is 0 Å². The molecule has 34 heavy (non-hydrogen) atoms. The molecule has 0 radical (unpaired) electrons. The summed E-state index contributed by atoms with van der Waals surface area (Å²) in [5.74, 6) is -0.0911. The Balaban J connectivity index is 1.08. The molecule has 0 bridgehead atoms. The molecule has 2 N–H and O–H groups in total. The molecule has 0 spiro atoms. The van der Waals surface area contributed by atoms with Crippen molar-refractivity contribution in [1.29, 1.82) is 0 Å². The van der Waals surface area contributed by atoms with Gasteiger partial charge in [-0.15, -0.1) is 11.3 Å². The molecule has 170 valence electrons. The zero-order chi connectivity index (χ0) is 23.1. The molecule has 0 aliphatic carbocycles. The number of H-pyrrole nitrogens is 1. The van der Waals surface area contributed by atoms with Crippen molar-refractivity contribution in [2.24, 2.45) is 0 Å². The summed E-state index contributed by atoms with van der Waals surface area (Å²) >= 11 is 1.48. The first-order chi connectivity index (χ1) is 16.6. The van der Waals surface area contributed by atoms with Gasteiger partial charge in [-0.05, 0) is 59.6 Å². The third kappa shape index (κ3) is 3.77. The van der Waals surface area contributed by atoms with Crippen LogP contribution in [0.15, 0.2) is 46.4 Å². The van der Waals surface area contributed by atoms with E-state index in [4.69, 9.17) is 4.63 Å². The minimum absolute atomic E-state index is 0.0355. The maximum absolute atomic E-state index is 12.9. The number of aromatic amines is 1. The normalized spacial score (nSPS) is 14.6. The third-order valence-electron chi connectivity index (χ3n) is 5.96. The summed E-state index contributed by atoms with van der Waals surface area (Å²) in [5, 5.41) is 23.7. The first-order valence-corrected chi connectivity index (χ1v) is 11.6. The maximum atomic E-state index is 12.9. The Morgan fingerprint density at radius 2 is 1.79 bits per heavy atom. The molecule has 3 aromatic heterocycles. The van der Waals surface area contributed by atoms with Gasteiger partial charge < -0.3 is 10.2 Å². The van der Waals surface area contributed by atoms with Crippen LogP contribution in [0.4, 0.5) is 5.69 Å². The van der Waals surface area contributed by atoms with Crippen LogP contribution in [0.25, 0.3) is 22.1 Å². The molecule has 6 rings (SSSR count). The highest BCUT2D eigenvalue weighted by atomic mass is 32.1. The number of hydrogen-bond acceptors (Lipinski definition) is 9. The van der Waals surface area contributed by atoms with Gasteiger partial charge in [0.25, 0.3) is 11.8 Å².